The van der Waals surface area contributed by atoms with Crippen molar-refractivity contribution in [3.05, 3.63) is 0 Å². The van der Waals surface area contributed by atoms with Gasteiger partial charge in [0.25, 0.3) is 0 Å². The topological polar surface area (TPSA) is 9.23 Å². The van der Waals surface area contributed by atoms with Crippen molar-refractivity contribution in [1.82, 2.24) is 0 Å². The maximum absolute atomic E-state index is 4.69. The van der Waals surface area contributed by atoms with Crippen LogP contribution in [0.5, 0.6) is 0 Å². The van der Waals surface area contributed by atoms with Gasteiger partial charge in [-0.05, 0) is 11.8 Å². The van der Waals surface area contributed by atoms with Crippen LogP contribution in [-0.2, 0) is 15.8 Å². The first-order valence-corrected chi connectivity index (χ1v) is 4.26. The molecule has 0 aliphatic carbocycles. The third kappa shape index (κ3) is 4.83. The summed E-state index contributed by atoms with van der Waals surface area (Å²) in [6.45, 7) is 2.02. The van der Waals surface area contributed by atoms with Crippen molar-refractivity contribution >= 4 is 31.4 Å². The Bertz CT molecular complexity index is 40.5. The van der Waals surface area contributed by atoms with E-state index in [4.69, 9.17) is 0 Å². The molecule has 0 aromatic carbocycles. The minimum absolute atomic E-state index is 0.592. The lowest BCUT2D eigenvalue weighted by atomic mass is 11.0. The molecule has 0 unspecified atom stereocenters. The normalized spacial score (nSPS) is 9.50. The molecule has 0 aromatic heterocycles. The molecule has 0 radical (unpaired) electrons. The second-order valence-electron chi connectivity index (χ2n) is 0.556. The summed E-state index contributed by atoms with van der Waals surface area (Å²) < 4.78 is 4.69. The van der Waals surface area contributed by atoms with E-state index in [1.54, 1.807) is 0 Å². The summed E-state index contributed by atoms with van der Waals surface area (Å²) >= 11 is 5.84. The zero-order valence-corrected chi connectivity index (χ0v) is 5.91. The first-order chi connectivity index (χ1) is 2.91. The fourth-order valence-electron chi connectivity index (χ4n) is 0.0742. The van der Waals surface area contributed by atoms with E-state index in [0.717, 1.165) is 5.75 Å². The van der Waals surface area contributed by atoms with Crippen molar-refractivity contribution in [3.8, 4) is 0 Å². The molecule has 0 atom stereocenters. The van der Waals surface area contributed by atoms with E-state index in [1.165, 1.54) is 12.0 Å². The Morgan fingerprint density at radius 1 is 2.00 bits per heavy atom. The summed E-state index contributed by atoms with van der Waals surface area (Å²) in [4.78, 5) is 0. The number of rotatable bonds is 3. The van der Waals surface area contributed by atoms with Gasteiger partial charge in [0, 0.05) is 17.8 Å². The third-order valence-electron chi connectivity index (χ3n) is 0.201. The molecule has 0 aliphatic heterocycles. The van der Waals surface area contributed by atoms with E-state index < -0.39 is 0 Å². The standard InChI is InChI=1S/C2H5OPS2/c1-2-6-3-4-5/h2H2,1H3. The van der Waals surface area contributed by atoms with Crippen molar-refractivity contribution in [2.75, 3.05) is 5.75 Å². The van der Waals surface area contributed by atoms with Gasteiger partial charge in [-0.3, -0.25) is 0 Å². The fraction of sp³-hybridized carbons (Fsp3) is 1.00. The molecule has 6 heavy (non-hydrogen) atoms. The highest BCUT2D eigenvalue weighted by Crippen LogP contribution is 2.09. The van der Waals surface area contributed by atoms with Gasteiger partial charge in [0.15, 0.2) is 7.58 Å². The second-order valence-corrected chi connectivity index (χ2v) is 2.56. The van der Waals surface area contributed by atoms with Crippen LogP contribution in [0.3, 0.4) is 0 Å². The predicted molar refractivity (Wildman–Crippen MR) is 33.5 cm³/mol. The SMILES string of the molecule is CCSOP=S. The smallest absolute Gasteiger partial charge is 0.151 e. The van der Waals surface area contributed by atoms with Crippen molar-refractivity contribution in [1.29, 1.82) is 0 Å². The summed E-state index contributed by atoms with van der Waals surface area (Å²) in [5.74, 6) is 0.976. The maximum atomic E-state index is 4.69. The van der Waals surface area contributed by atoms with E-state index in [1.807, 2.05) is 6.92 Å². The highest BCUT2D eigenvalue weighted by molar-refractivity contribution is 8.03. The van der Waals surface area contributed by atoms with Crippen LogP contribution in [0.4, 0.5) is 0 Å². The molecule has 0 heterocycles. The highest BCUT2D eigenvalue weighted by atomic mass is 32.4. The Balaban J connectivity index is 2.49. The van der Waals surface area contributed by atoms with Crippen molar-refractivity contribution in [2.24, 2.45) is 0 Å². The molecule has 0 saturated carbocycles. The summed E-state index contributed by atoms with van der Waals surface area (Å²) in [6, 6.07) is 0. The third-order valence-corrected chi connectivity index (χ3v) is 1.65. The van der Waals surface area contributed by atoms with E-state index in [9.17, 15) is 0 Å². The Kier molecular flexibility index (Phi) is 6.64. The summed E-state index contributed by atoms with van der Waals surface area (Å²) in [5, 5.41) is 0. The van der Waals surface area contributed by atoms with Gasteiger partial charge in [-0.15, -0.1) is 0 Å². The highest BCUT2D eigenvalue weighted by Gasteiger charge is 1.72. The van der Waals surface area contributed by atoms with Crippen LogP contribution in [0, 0.1) is 0 Å². The van der Waals surface area contributed by atoms with Gasteiger partial charge in [-0.25, -0.2) is 3.97 Å². The first kappa shape index (κ1) is 6.83. The molecule has 0 saturated heterocycles. The average Bonchev–Trinajstić information content (AvgIpc) is 1.61. The predicted octanol–water partition coefficient (Wildman–Crippen LogP) is 1.99. The van der Waals surface area contributed by atoms with Crippen molar-refractivity contribution in [3.63, 3.8) is 0 Å². The molecular weight excluding hydrogens is 135 g/mol. The molecule has 0 aromatic rings. The van der Waals surface area contributed by atoms with E-state index >= 15 is 0 Å². The number of hydrogen-bond donors (Lipinski definition) is 0. The van der Waals surface area contributed by atoms with Crippen LogP contribution < -0.4 is 0 Å². The molecule has 0 N–H and O–H groups in total. The largest absolute Gasteiger partial charge is 0.248 e. The van der Waals surface area contributed by atoms with E-state index in [0.29, 0.717) is 7.58 Å². The van der Waals surface area contributed by atoms with Gasteiger partial charge in [0.2, 0.25) is 0 Å². The molecule has 0 rings (SSSR count). The second kappa shape index (κ2) is 5.83. The Labute approximate surface area is 48.6 Å². The van der Waals surface area contributed by atoms with Gasteiger partial charge in [0.1, 0.15) is 0 Å². The van der Waals surface area contributed by atoms with Crippen LogP contribution in [0.25, 0.3) is 0 Å². The first-order valence-electron chi connectivity index (χ1n) is 1.53. The summed E-state index contributed by atoms with van der Waals surface area (Å²) in [5.41, 5.74) is 0. The number of hydrogen-bond acceptors (Lipinski definition) is 3. The lowest BCUT2D eigenvalue weighted by Gasteiger charge is -1.81. The molecule has 0 bridgehead atoms. The van der Waals surface area contributed by atoms with Gasteiger partial charge in [-0.1, -0.05) is 6.92 Å². The van der Waals surface area contributed by atoms with Crippen LogP contribution in [0.2, 0.25) is 0 Å². The lowest BCUT2D eigenvalue weighted by molar-refractivity contribution is 0.758. The van der Waals surface area contributed by atoms with E-state index in [2.05, 4.69) is 15.8 Å². The minimum Gasteiger partial charge on any atom is -0.248 e. The molecular formula is C2H5OPS2. The Morgan fingerprint density at radius 3 is 2.83 bits per heavy atom. The molecule has 0 aliphatic rings. The van der Waals surface area contributed by atoms with Gasteiger partial charge in [-0.2, -0.15) is 0 Å². The molecule has 1 nitrogen and oxygen atoms in total. The minimum atomic E-state index is 0.592. The molecule has 0 amide bonds. The zero-order chi connectivity index (χ0) is 4.83. The lowest BCUT2D eigenvalue weighted by Crippen LogP contribution is -1.58. The average molecular weight is 140 g/mol. The van der Waals surface area contributed by atoms with Crippen LogP contribution in [0.1, 0.15) is 6.92 Å². The van der Waals surface area contributed by atoms with Gasteiger partial charge < -0.3 is 0 Å². The maximum Gasteiger partial charge on any atom is 0.151 e. The van der Waals surface area contributed by atoms with Crippen LogP contribution >= 0.6 is 19.6 Å². The van der Waals surface area contributed by atoms with Crippen molar-refractivity contribution < 1.29 is 3.97 Å². The van der Waals surface area contributed by atoms with Crippen molar-refractivity contribution in [2.45, 2.75) is 6.92 Å². The van der Waals surface area contributed by atoms with Crippen LogP contribution in [-0.4, -0.2) is 5.75 Å². The zero-order valence-electron chi connectivity index (χ0n) is 3.38. The summed E-state index contributed by atoms with van der Waals surface area (Å²) in [6.07, 6.45) is 0. The van der Waals surface area contributed by atoms with Crippen LogP contribution in [0.15, 0.2) is 0 Å². The summed E-state index contributed by atoms with van der Waals surface area (Å²) in [7, 11) is 0.592. The monoisotopic (exact) mass is 140 g/mol. The quantitative estimate of drug-likeness (QED) is 0.337. The van der Waals surface area contributed by atoms with Gasteiger partial charge in [0.05, 0.1) is 0 Å². The Hall–Kier alpha value is 0.830. The molecule has 4 heteroatoms. The van der Waals surface area contributed by atoms with Gasteiger partial charge >= 0.3 is 0 Å². The molecule has 0 spiro atoms. The fourth-order valence-corrected chi connectivity index (χ4v) is 1.06. The Morgan fingerprint density at radius 2 is 2.67 bits per heavy atom. The molecule has 0 fully saturated rings. The van der Waals surface area contributed by atoms with E-state index in [-0.39, 0.29) is 0 Å². The molecule has 36 valence electrons.